The molecule has 1 saturated heterocycles. The molecule has 2 fully saturated rings. The van der Waals surface area contributed by atoms with Crippen LogP contribution < -0.4 is 21.3 Å². The van der Waals surface area contributed by atoms with Crippen LogP contribution >= 0.6 is 11.8 Å². The number of carbonyl (C=O) groups is 3. The molecule has 2 aliphatic rings. The average Bonchev–Trinajstić information content (AvgIpc) is 3.28. The van der Waals surface area contributed by atoms with Crippen LogP contribution in [0, 0.1) is 0 Å². The van der Waals surface area contributed by atoms with Crippen molar-refractivity contribution in [1.29, 1.82) is 0 Å². The molecule has 0 aromatic rings. The fourth-order valence-electron chi connectivity index (χ4n) is 2.21. The van der Waals surface area contributed by atoms with Crippen molar-refractivity contribution >= 4 is 29.5 Å². The lowest BCUT2D eigenvalue weighted by Crippen LogP contribution is -2.56. The van der Waals surface area contributed by atoms with Gasteiger partial charge in [0, 0.05) is 38.6 Å². The topological polar surface area (TPSA) is 109 Å². The molecule has 9 heteroatoms. The van der Waals surface area contributed by atoms with Crippen LogP contribution in [0.4, 0.5) is 0 Å². The van der Waals surface area contributed by atoms with Crippen LogP contribution in [0.2, 0.25) is 0 Å². The molecule has 3 amide bonds. The van der Waals surface area contributed by atoms with Crippen LogP contribution in [0.3, 0.4) is 0 Å². The fourth-order valence-corrected chi connectivity index (χ4v) is 3.13. The Morgan fingerprint density at radius 2 is 2.13 bits per heavy atom. The first-order valence-corrected chi connectivity index (χ1v) is 8.83. The Morgan fingerprint density at radius 1 is 1.35 bits per heavy atom. The predicted molar refractivity (Wildman–Crippen MR) is 86.6 cm³/mol. The van der Waals surface area contributed by atoms with Crippen LogP contribution in [0.15, 0.2) is 0 Å². The van der Waals surface area contributed by atoms with Gasteiger partial charge in [-0.3, -0.25) is 19.7 Å². The second-order valence-electron chi connectivity index (χ2n) is 5.71. The van der Waals surface area contributed by atoms with Crippen molar-refractivity contribution in [1.82, 2.24) is 21.3 Å². The zero-order valence-corrected chi connectivity index (χ0v) is 14.0. The zero-order chi connectivity index (χ0) is 16.7. The Bertz CT molecular complexity index is 444. The van der Waals surface area contributed by atoms with Gasteiger partial charge in [-0.15, -0.1) is 11.8 Å². The lowest BCUT2D eigenvalue weighted by atomic mass is 10.1. The third kappa shape index (κ3) is 7.19. The molecule has 1 aliphatic carbocycles. The molecule has 4 N–H and O–H groups in total. The van der Waals surface area contributed by atoms with Crippen molar-refractivity contribution in [3.8, 4) is 0 Å². The highest BCUT2D eigenvalue weighted by atomic mass is 32.2. The second-order valence-corrected chi connectivity index (χ2v) is 6.81. The first kappa shape index (κ1) is 18.0. The maximum atomic E-state index is 11.8. The first-order chi connectivity index (χ1) is 11.1. The van der Waals surface area contributed by atoms with Gasteiger partial charge in [-0.2, -0.15) is 0 Å². The van der Waals surface area contributed by atoms with Gasteiger partial charge in [0.2, 0.25) is 17.7 Å². The number of methoxy groups -OCH3 is 1. The number of nitrogens with one attached hydrogen (secondary N) is 4. The molecule has 23 heavy (non-hydrogen) atoms. The Hall–Kier alpha value is -1.32. The minimum atomic E-state index is -0.358. The van der Waals surface area contributed by atoms with E-state index in [0.29, 0.717) is 19.2 Å². The average molecular weight is 344 g/mol. The quantitative estimate of drug-likeness (QED) is 0.396. The number of hydrogen-bond acceptors (Lipinski definition) is 6. The van der Waals surface area contributed by atoms with Gasteiger partial charge >= 0.3 is 0 Å². The van der Waals surface area contributed by atoms with Crippen molar-refractivity contribution in [3.63, 3.8) is 0 Å². The number of amides is 3. The molecule has 0 spiro atoms. The molecule has 0 radical (unpaired) electrons. The Morgan fingerprint density at radius 3 is 2.83 bits per heavy atom. The van der Waals surface area contributed by atoms with Crippen LogP contribution in [0.1, 0.15) is 25.7 Å². The fraction of sp³-hybridized carbons (Fsp3) is 0.786. The molecule has 8 nitrogen and oxygen atoms in total. The molecule has 2 unspecified atom stereocenters. The van der Waals surface area contributed by atoms with E-state index in [2.05, 4.69) is 21.3 Å². The molecule has 1 saturated carbocycles. The molecule has 0 aromatic carbocycles. The second kappa shape index (κ2) is 9.09. The van der Waals surface area contributed by atoms with Crippen molar-refractivity contribution < 1.29 is 19.1 Å². The van der Waals surface area contributed by atoms with Gasteiger partial charge in [0.25, 0.3) is 0 Å². The highest BCUT2D eigenvalue weighted by Crippen LogP contribution is 2.19. The van der Waals surface area contributed by atoms with E-state index in [1.54, 1.807) is 7.11 Å². The van der Waals surface area contributed by atoms with E-state index in [0.717, 1.165) is 12.8 Å². The molecule has 1 heterocycles. The summed E-state index contributed by atoms with van der Waals surface area (Å²) in [7, 11) is 1.57. The lowest BCUT2D eigenvalue weighted by Gasteiger charge is -2.30. The molecule has 0 aromatic heterocycles. The summed E-state index contributed by atoms with van der Waals surface area (Å²) in [6.45, 7) is 0.928. The summed E-state index contributed by atoms with van der Waals surface area (Å²) in [6.07, 6.45) is 2.64. The third-order valence-corrected chi connectivity index (χ3v) is 4.51. The predicted octanol–water partition coefficient (Wildman–Crippen LogP) is -1.09. The zero-order valence-electron chi connectivity index (χ0n) is 13.2. The molecule has 2 atom stereocenters. The number of hydrogen-bond donors (Lipinski definition) is 4. The third-order valence-electron chi connectivity index (χ3n) is 3.49. The van der Waals surface area contributed by atoms with Crippen molar-refractivity contribution in [2.45, 2.75) is 43.3 Å². The van der Waals surface area contributed by atoms with E-state index in [-0.39, 0.29) is 47.9 Å². The van der Waals surface area contributed by atoms with Crippen LogP contribution in [-0.2, 0) is 19.1 Å². The number of carbonyl (C=O) groups excluding carboxylic acids is 3. The number of ether oxygens (including phenoxy) is 1. The first-order valence-electron chi connectivity index (χ1n) is 7.79. The van der Waals surface area contributed by atoms with Crippen LogP contribution in [0.5, 0.6) is 0 Å². The molecular formula is C14H24N4O4S. The smallest absolute Gasteiger partial charge is 0.230 e. The Labute approximate surface area is 139 Å². The number of rotatable bonds is 9. The summed E-state index contributed by atoms with van der Waals surface area (Å²) in [5.41, 5.74) is -0.358. The van der Waals surface area contributed by atoms with E-state index in [4.69, 9.17) is 4.74 Å². The van der Waals surface area contributed by atoms with E-state index >= 15 is 0 Å². The van der Waals surface area contributed by atoms with E-state index in [9.17, 15) is 14.4 Å². The van der Waals surface area contributed by atoms with Gasteiger partial charge < -0.3 is 20.7 Å². The lowest BCUT2D eigenvalue weighted by molar-refractivity contribution is -0.125. The minimum absolute atomic E-state index is 0.0271. The monoisotopic (exact) mass is 344 g/mol. The van der Waals surface area contributed by atoms with Crippen LogP contribution in [-0.4, -0.2) is 61.3 Å². The summed E-state index contributed by atoms with van der Waals surface area (Å²) in [5.74, 6) is -0.0226. The molecular weight excluding hydrogens is 320 g/mol. The molecule has 1 aliphatic heterocycles. The van der Waals surface area contributed by atoms with Crippen molar-refractivity contribution in [2.24, 2.45) is 0 Å². The van der Waals surface area contributed by atoms with E-state index in [1.165, 1.54) is 11.8 Å². The van der Waals surface area contributed by atoms with E-state index < -0.39 is 0 Å². The highest BCUT2D eigenvalue weighted by Gasteiger charge is 2.30. The molecule has 2 rings (SSSR count). The van der Waals surface area contributed by atoms with Crippen molar-refractivity contribution in [3.05, 3.63) is 0 Å². The summed E-state index contributed by atoms with van der Waals surface area (Å²) >= 11 is 1.30. The summed E-state index contributed by atoms with van der Waals surface area (Å²) in [6, 6.07) is 0.123. The maximum Gasteiger partial charge on any atom is 0.230 e. The molecule has 0 bridgehead atoms. The SMILES string of the molecule is COCCNC(=O)CSC1NC(=O)CC(CC(=O)NC2CC2)N1. The Balaban J connectivity index is 1.68. The minimum Gasteiger partial charge on any atom is -0.383 e. The van der Waals surface area contributed by atoms with Gasteiger partial charge in [0.05, 0.1) is 12.4 Å². The highest BCUT2D eigenvalue weighted by molar-refractivity contribution is 8.00. The number of thioether (sulfide) groups is 1. The summed E-state index contributed by atoms with van der Waals surface area (Å²) < 4.78 is 4.85. The van der Waals surface area contributed by atoms with Gasteiger partial charge in [0.1, 0.15) is 5.50 Å². The van der Waals surface area contributed by atoms with Crippen molar-refractivity contribution in [2.75, 3.05) is 26.0 Å². The van der Waals surface area contributed by atoms with Gasteiger partial charge in [-0.05, 0) is 12.8 Å². The van der Waals surface area contributed by atoms with Gasteiger partial charge in [0.15, 0.2) is 0 Å². The Kier molecular flexibility index (Phi) is 7.13. The van der Waals surface area contributed by atoms with E-state index in [1.807, 2.05) is 0 Å². The van der Waals surface area contributed by atoms with Gasteiger partial charge in [-0.25, -0.2) is 0 Å². The summed E-state index contributed by atoms with van der Waals surface area (Å²) in [5, 5.41) is 11.6. The standard InChI is InChI=1S/C14H24N4O4S/c1-22-5-4-15-13(21)8-23-14-17-10(7-12(20)18-14)6-11(19)16-9-2-3-9/h9-10,14,17H,2-8H2,1H3,(H,15,21)(H,16,19)(H,18,20). The normalized spacial score (nSPS) is 24.0. The largest absolute Gasteiger partial charge is 0.383 e. The maximum absolute atomic E-state index is 11.8. The molecule has 130 valence electrons. The summed E-state index contributed by atoms with van der Waals surface area (Å²) in [4.78, 5) is 35.2. The van der Waals surface area contributed by atoms with Crippen LogP contribution in [0.25, 0.3) is 0 Å². The van der Waals surface area contributed by atoms with Gasteiger partial charge in [-0.1, -0.05) is 0 Å².